The van der Waals surface area contributed by atoms with E-state index in [1.807, 2.05) is 54.6 Å². The first-order valence-corrected chi connectivity index (χ1v) is 4.92. The van der Waals surface area contributed by atoms with Gasteiger partial charge in [0.15, 0.2) is 0 Å². The summed E-state index contributed by atoms with van der Waals surface area (Å²) in [4.78, 5) is 0. The molecule has 2 nitrogen and oxygen atoms in total. The number of quaternary nitrogens is 1. The van der Waals surface area contributed by atoms with Gasteiger partial charge in [-0.1, -0.05) is 43.0 Å². The van der Waals surface area contributed by atoms with Crippen LogP contribution in [0, 0.1) is 5.21 Å². The van der Waals surface area contributed by atoms with Crippen LogP contribution in [0.3, 0.4) is 0 Å². The molecule has 2 atom stereocenters. The van der Waals surface area contributed by atoms with Crippen molar-refractivity contribution in [2.45, 2.75) is 6.04 Å². The fourth-order valence-corrected chi connectivity index (χ4v) is 1.62. The van der Waals surface area contributed by atoms with Crippen molar-refractivity contribution in [1.82, 2.24) is 0 Å². The molecule has 0 fully saturated rings. The zero-order chi connectivity index (χ0) is 10.7. The molecule has 0 saturated heterocycles. The maximum absolute atomic E-state index is 12.1. The minimum absolute atomic E-state index is 0.112. The van der Waals surface area contributed by atoms with Crippen LogP contribution in [-0.4, -0.2) is 6.04 Å². The van der Waals surface area contributed by atoms with Crippen molar-refractivity contribution in [3.05, 3.63) is 72.0 Å². The van der Waals surface area contributed by atoms with Crippen molar-refractivity contribution in [2.24, 2.45) is 0 Å². The van der Waals surface area contributed by atoms with Gasteiger partial charge in [-0.2, -0.15) is 0 Å². The summed E-state index contributed by atoms with van der Waals surface area (Å²) in [7, 11) is 0. The van der Waals surface area contributed by atoms with Crippen molar-refractivity contribution in [2.75, 3.05) is 0 Å². The topological polar surface area (TPSA) is 27.5 Å². The summed E-state index contributed by atoms with van der Waals surface area (Å²) in [6, 6.07) is 9.13. The molecule has 0 spiro atoms. The van der Waals surface area contributed by atoms with Crippen LogP contribution < -0.4 is 5.06 Å². The molecule has 2 rings (SSSR count). The van der Waals surface area contributed by atoms with E-state index in [1.165, 1.54) is 0 Å². The number of para-hydroxylation sites is 1. The van der Waals surface area contributed by atoms with Crippen LogP contribution in [-0.2, 0) is 0 Å². The lowest BCUT2D eigenvalue weighted by molar-refractivity contribution is -0.791. The number of hydroxylamine groups is 1. The van der Waals surface area contributed by atoms with Gasteiger partial charge in [-0.15, -0.1) is 0 Å². The van der Waals surface area contributed by atoms with E-state index in [4.69, 9.17) is 0 Å². The van der Waals surface area contributed by atoms with Gasteiger partial charge in [0.2, 0.25) is 0 Å². The molecule has 1 aromatic carbocycles. The van der Waals surface area contributed by atoms with Gasteiger partial charge < -0.3 is 10.3 Å². The van der Waals surface area contributed by atoms with Crippen LogP contribution in [0.1, 0.15) is 0 Å². The summed E-state index contributed by atoms with van der Waals surface area (Å²) < 4.78 is 0. The van der Waals surface area contributed by atoms with E-state index in [-0.39, 0.29) is 11.1 Å². The molecule has 0 amide bonds. The quantitative estimate of drug-likeness (QED) is 0.722. The van der Waals surface area contributed by atoms with Crippen molar-refractivity contribution < 1.29 is 5.06 Å². The number of allylic oxidation sites excluding steroid dienone is 2. The third-order valence-electron chi connectivity index (χ3n) is 2.47. The molecule has 1 aliphatic rings. The van der Waals surface area contributed by atoms with Crippen LogP contribution in [0.25, 0.3) is 0 Å². The maximum Gasteiger partial charge on any atom is 0.136 e. The Labute approximate surface area is 89.4 Å². The Morgan fingerprint density at radius 2 is 1.87 bits per heavy atom. The number of rotatable bonds is 2. The highest BCUT2D eigenvalue weighted by atomic mass is 16.5. The minimum atomic E-state index is -0.197. The second-order valence-corrected chi connectivity index (χ2v) is 3.53. The molecular weight excluding hydrogens is 186 g/mol. The molecule has 0 heterocycles. The fourth-order valence-electron chi connectivity index (χ4n) is 1.62. The van der Waals surface area contributed by atoms with Crippen molar-refractivity contribution in [3.63, 3.8) is 0 Å². The summed E-state index contributed by atoms with van der Waals surface area (Å²) in [6.45, 7) is 3.88. The van der Waals surface area contributed by atoms with Gasteiger partial charge in [0.25, 0.3) is 0 Å². The molecular formula is C13H13NO. The third kappa shape index (κ3) is 2.06. The second kappa shape index (κ2) is 4.26. The highest BCUT2D eigenvalue weighted by Crippen LogP contribution is 2.09. The molecule has 2 heteroatoms. The molecule has 76 valence electrons. The van der Waals surface area contributed by atoms with Crippen molar-refractivity contribution in [1.29, 1.82) is 0 Å². The van der Waals surface area contributed by atoms with Crippen LogP contribution in [0.5, 0.6) is 0 Å². The predicted octanol–water partition coefficient (Wildman–Crippen LogP) is 1.75. The summed E-state index contributed by atoms with van der Waals surface area (Å²) in [5.41, 5.74) is 1.59. The molecule has 0 saturated carbocycles. The van der Waals surface area contributed by atoms with Gasteiger partial charge in [0.05, 0.1) is 0 Å². The Hall–Kier alpha value is -1.64. The van der Waals surface area contributed by atoms with Crippen LogP contribution in [0.15, 0.2) is 66.8 Å². The Morgan fingerprint density at radius 1 is 1.13 bits per heavy atom. The molecule has 0 radical (unpaired) electrons. The molecule has 1 aliphatic carbocycles. The van der Waals surface area contributed by atoms with Crippen LogP contribution in [0.4, 0.5) is 5.69 Å². The average Bonchev–Trinajstić information content (AvgIpc) is 2.30. The number of benzene rings is 1. The van der Waals surface area contributed by atoms with Gasteiger partial charge in [0, 0.05) is 5.57 Å². The van der Waals surface area contributed by atoms with Crippen LogP contribution >= 0.6 is 0 Å². The van der Waals surface area contributed by atoms with E-state index >= 15 is 0 Å². The first kappa shape index (κ1) is 9.90. The Balaban J connectivity index is 2.22. The first-order valence-electron chi connectivity index (χ1n) is 4.92. The smallest absolute Gasteiger partial charge is 0.136 e. The Bertz CT molecular complexity index is 406. The molecule has 0 aromatic heterocycles. The Kier molecular flexibility index (Phi) is 2.81. The zero-order valence-electron chi connectivity index (χ0n) is 8.39. The number of hydrogen-bond donors (Lipinski definition) is 1. The van der Waals surface area contributed by atoms with E-state index in [9.17, 15) is 5.21 Å². The monoisotopic (exact) mass is 199 g/mol. The summed E-state index contributed by atoms with van der Waals surface area (Å²) in [6.07, 6.45) is 7.56. The highest BCUT2D eigenvalue weighted by Gasteiger charge is 2.17. The molecule has 15 heavy (non-hydrogen) atoms. The highest BCUT2D eigenvalue weighted by molar-refractivity contribution is 5.35. The minimum Gasteiger partial charge on any atom is -0.628 e. The first-order chi connectivity index (χ1) is 7.29. The SMILES string of the molecule is C=C1C=CC=CC1[NH+]([O-])c1ccccc1. The molecule has 0 bridgehead atoms. The van der Waals surface area contributed by atoms with Gasteiger partial charge >= 0.3 is 0 Å². The number of nitrogens with one attached hydrogen (secondary N) is 1. The molecule has 1 N–H and O–H groups in total. The lowest BCUT2D eigenvalue weighted by Gasteiger charge is -2.30. The predicted molar refractivity (Wildman–Crippen MR) is 61.6 cm³/mol. The second-order valence-electron chi connectivity index (χ2n) is 3.53. The molecule has 1 aromatic rings. The van der Waals surface area contributed by atoms with E-state index in [0.717, 1.165) is 11.3 Å². The zero-order valence-corrected chi connectivity index (χ0v) is 8.39. The standard InChI is InChI=1S/C13H13NO/c1-11-7-5-6-10-13(11)14(15)12-8-3-2-4-9-12/h2-10,13-14H,1H2. The summed E-state index contributed by atoms with van der Waals surface area (Å²) in [5, 5.41) is 12.2. The van der Waals surface area contributed by atoms with Gasteiger partial charge in [-0.3, -0.25) is 0 Å². The lowest BCUT2D eigenvalue weighted by Crippen LogP contribution is -3.06. The number of hydrogen-bond acceptors (Lipinski definition) is 1. The third-order valence-corrected chi connectivity index (χ3v) is 2.47. The van der Waals surface area contributed by atoms with E-state index < -0.39 is 0 Å². The summed E-state index contributed by atoms with van der Waals surface area (Å²) >= 11 is 0. The molecule has 2 unspecified atom stereocenters. The normalized spacial score (nSPS) is 21.7. The van der Waals surface area contributed by atoms with Gasteiger partial charge in [-0.25, -0.2) is 0 Å². The Morgan fingerprint density at radius 3 is 2.53 bits per heavy atom. The maximum atomic E-state index is 12.1. The van der Waals surface area contributed by atoms with Crippen LogP contribution in [0.2, 0.25) is 0 Å². The van der Waals surface area contributed by atoms with Crippen molar-refractivity contribution >= 4 is 5.69 Å². The van der Waals surface area contributed by atoms with E-state index in [1.54, 1.807) is 0 Å². The van der Waals surface area contributed by atoms with Crippen molar-refractivity contribution in [3.8, 4) is 0 Å². The van der Waals surface area contributed by atoms with E-state index in [0.29, 0.717) is 0 Å². The van der Waals surface area contributed by atoms with Gasteiger partial charge in [0.1, 0.15) is 11.7 Å². The average molecular weight is 199 g/mol. The van der Waals surface area contributed by atoms with E-state index in [2.05, 4.69) is 6.58 Å². The van der Waals surface area contributed by atoms with Gasteiger partial charge in [-0.05, 0) is 18.2 Å². The molecule has 0 aliphatic heterocycles. The lowest BCUT2D eigenvalue weighted by atomic mass is 10.0. The largest absolute Gasteiger partial charge is 0.628 e. The fraction of sp³-hybridized carbons (Fsp3) is 0.0769. The summed E-state index contributed by atoms with van der Waals surface area (Å²) in [5.74, 6) is 0.